The molecule has 17 heavy (non-hydrogen) atoms. The molecular weight excluding hydrogens is 244 g/mol. The molecule has 0 aromatic heterocycles. The minimum Gasteiger partial charge on any atom is -0.398 e. The first-order valence-corrected chi connectivity index (χ1v) is 5.78. The van der Waals surface area contributed by atoms with E-state index in [1.165, 1.54) is 11.6 Å². The fourth-order valence-electron chi connectivity index (χ4n) is 1.21. The van der Waals surface area contributed by atoms with Crippen LogP contribution in [0.25, 0.3) is 0 Å². The standard InChI is InChI=1S/C9H8N4O3S/c10-7-4-2-1-3-6(7)8(14)12-9-11-5-17(9)13(15)16/h1-5H,10H2,(H,11,12,14). The number of anilines is 1. The van der Waals surface area contributed by atoms with E-state index < -0.39 is 20.9 Å². The summed E-state index contributed by atoms with van der Waals surface area (Å²) in [5.41, 5.74) is 7.38. The highest BCUT2D eigenvalue weighted by atomic mass is 32.2. The van der Waals surface area contributed by atoms with Gasteiger partial charge < -0.3 is 5.73 Å². The van der Waals surface area contributed by atoms with Crippen molar-refractivity contribution in [2.24, 2.45) is 4.99 Å². The van der Waals surface area contributed by atoms with Crippen molar-refractivity contribution in [3.05, 3.63) is 39.9 Å². The van der Waals surface area contributed by atoms with E-state index in [4.69, 9.17) is 5.73 Å². The van der Waals surface area contributed by atoms with Crippen molar-refractivity contribution < 1.29 is 9.12 Å². The summed E-state index contributed by atoms with van der Waals surface area (Å²) in [6.45, 7) is 0. The van der Waals surface area contributed by atoms with Gasteiger partial charge in [-0.25, -0.2) is 4.99 Å². The van der Waals surface area contributed by atoms with E-state index >= 15 is 0 Å². The molecule has 3 N–H and O–H groups in total. The van der Waals surface area contributed by atoms with Crippen LogP contribution in [0.1, 0.15) is 10.4 Å². The van der Waals surface area contributed by atoms with Crippen LogP contribution in [0.2, 0.25) is 0 Å². The molecule has 0 fully saturated rings. The number of nitrogens with one attached hydrogen (secondary N) is 1. The molecule has 0 radical (unpaired) electrons. The second-order valence-corrected chi connectivity index (χ2v) is 4.64. The molecule has 1 unspecified atom stereocenters. The molecule has 7 nitrogen and oxygen atoms in total. The Balaban J connectivity index is 2.10. The number of carbonyl (C=O) groups excluding carboxylic acids is 1. The number of benzene rings is 1. The second-order valence-electron chi connectivity index (χ2n) is 3.12. The first kappa shape index (κ1) is 11.3. The van der Waals surface area contributed by atoms with Crippen LogP contribution in [0.5, 0.6) is 0 Å². The molecule has 0 aliphatic carbocycles. The molecule has 0 bridgehead atoms. The molecule has 0 saturated carbocycles. The molecule has 1 heterocycles. The third-order valence-electron chi connectivity index (χ3n) is 2.05. The Kier molecular flexibility index (Phi) is 2.88. The summed E-state index contributed by atoms with van der Waals surface area (Å²) in [6.07, 6.45) is 0. The van der Waals surface area contributed by atoms with E-state index in [-0.39, 0.29) is 10.7 Å². The van der Waals surface area contributed by atoms with Gasteiger partial charge in [-0.05, 0) is 12.1 Å². The number of carbonyl (C=O) groups is 1. The zero-order chi connectivity index (χ0) is 12.4. The summed E-state index contributed by atoms with van der Waals surface area (Å²) in [5, 5.41) is 12.9. The second kappa shape index (κ2) is 4.34. The van der Waals surface area contributed by atoms with Crippen LogP contribution in [0, 0.1) is 10.1 Å². The molecule has 1 amide bonds. The zero-order valence-electron chi connectivity index (χ0n) is 8.49. The van der Waals surface area contributed by atoms with Crippen LogP contribution in [0.3, 0.4) is 0 Å². The van der Waals surface area contributed by atoms with Gasteiger partial charge in [0.25, 0.3) is 5.91 Å². The molecule has 0 saturated heterocycles. The molecule has 1 atom stereocenters. The van der Waals surface area contributed by atoms with Crippen molar-refractivity contribution in [2.45, 2.75) is 0 Å². The van der Waals surface area contributed by atoms with Crippen LogP contribution >= 0.6 is 10.7 Å². The third kappa shape index (κ3) is 2.16. The number of aliphatic imine (C=N–C) groups is 1. The van der Waals surface area contributed by atoms with Gasteiger partial charge in [-0.2, -0.15) is 0 Å². The van der Waals surface area contributed by atoms with Gasteiger partial charge >= 0.3 is 0 Å². The number of hydrogen-bond donors (Lipinski definition) is 2. The average molecular weight is 252 g/mol. The third-order valence-corrected chi connectivity index (χ3v) is 3.28. The summed E-state index contributed by atoms with van der Waals surface area (Å²) < 4.78 is -0.503. The number of para-hydroxylation sites is 1. The first-order valence-electron chi connectivity index (χ1n) is 4.54. The molecule has 1 aromatic rings. The van der Waals surface area contributed by atoms with Crippen LogP contribution in [-0.2, 0) is 0 Å². The van der Waals surface area contributed by atoms with Crippen molar-refractivity contribution in [2.75, 3.05) is 5.73 Å². The number of nitrogen functional groups attached to an aromatic ring is 1. The Labute approximate surface area is 98.6 Å². The predicted octanol–water partition coefficient (Wildman–Crippen LogP) is 0.589. The van der Waals surface area contributed by atoms with Gasteiger partial charge in [-0.15, -0.1) is 0 Å². The van der Waals surface area contributed by atoms with Crippen LogP contribution < -0.4 is 11.1 Å². The summed E-state index contributed by atoms with van der Waals surface area (Å²) in [5.74, 6) is -0.491. The summed E-state index contributed by atoms with van der Waals surface area (Å²) >= 11 is 0. The minimum atomic E-state index is -1.31. The Morgan fingerprint density at radius 3 is 2.71 bits per heavy atom. The fraction of sp³-hybridized carbons (Fsp3) is 0. The van der Waals surface area contributed by atoms with E-state index in [1.807, 2.05) is 0 Å². The highest BCUT2D eigenvalue weighted by Gasteiger charge is 2.26. The Morgan fingerprint density at radius 2 is 2.18 bits per heavy atom. The monoisotopic (exact) mass is 252 g/mol. The van der Waals surface area contributed by atoms with Crippen LogP contribution in [0.15, 0.2) is 29.3 Å². The molecule has 8 heteroatoms. The quantitative estimate of drug-likeness (QED) is 0.347. The van der Waals surface area contributed by atoms with Gasteiger partial charge in [0, 0.05) is 5.69 Å². The van der Waals surface area contributed by atoms with Gasteiger partial charge in [-0.3, -0.25) is 20.2 Å². The van der Waals surface area contributed by atoms with Crippen molar-refractivity contribution >= 4 is 32.9 Å². The Bertz CT molecular complexity index is 567. The number of nitrogens with two attached hydrogens (primary N) is 1. The lowest BCUT2D eigenvalue weighted by molar-refractivity contribution is -0.283. The van der Waals surface area contributed by atoms with Crippen LogP contribution in [0.4, 0.5) is 5.69 Å². The topological polar surface area (TPSA) is 111 Å². The highest BCUT2D eigenvalue weighted by Crippen LogP contribution is 2.21. The molecule has 1 aliphatic rings. The lowest BCUT2D eigenvalue weighted by Gasteiger charge is -2.11. The van der Waals surface area contributed by atoms with Crippen LogP contribution in [-0.4, -0.2) is 20.9 Å². The first-order chi connectivity index (χ1) is 8.09. The molecule has 1 aromatic carbocycles. The maximum Gasteiger partial charge on any atom is 0.259 e. The molecule has 1 aliphatic heterocycles. The molecular formula is C9H8N4O3S. The van der Waals surface area contributed by atoms with E-state index in [0.29, 0.717) is 5.69 Å². The highest BCUT2D eigenvalue weighted by molar-refractivity contribution is 8.24. The lowest BCUT2D eigenvalue weighted by Crippen LogP contribution is -2.34. The van der Waals surface area contributed by atoms with Crippen molar-refractivity contribution in [3.63, 3.8) is 0 Å². The van der Waals surface area contributed by atoms with Gasteiger partial charge in [-0.1, -0.05) is 12.1 Å². The van der Waals surface area contributed by atoms with Gasteiger partial charge in [0.15, 0.2) is 0 Å². The van der Waals surface area contributed by atoms with E-state index in [2.05, 4.69) is 10.3 Å². The number of rotatable bonds is 2. The molecule has 0 spiro atoms. The number of hydrogen-bond acceptors (Lipinski definition) is 5. The fourth-order valence-corrected chi connectivity index (χ4v) is 1.93. The molecule has 88 valence electrons. The van der Waals surface area contributed by atoms with Crippen molar-refractivity contribution in [1.29, 1.82) is 0 Å². The largest absolute Gasteiger partial charge is 0.398 e. The number of nitro groups is 1. The van der Waals surface area contributed by atoms with Crippen molar-refractivity contribution in [3.8, 4) is 0 Å². The predicted molar refractivity (Wildman–Crippen MR) is 66.4 cm³/mol. The Morgan fingerprint density at radius 1 is 1.47 bits per heavy atom. The lowest BCUT2D eigenvalue weighted by atomic mass is 10.2. The maximum absolute atomic E-state index is 11.7. The SMILES string of the molecule is Nc1ccccc1C(=O)NC1=NC=S1[N+](=O)[O-]. The number of amidine groups is 1. The van der Waals surface area contributed by atoms with Crippen molar-refractivity contribution in [1.82, 2.24) is 5.32 Å². The molecule has 2 rings (SSSR count). The maximum atomic E-state index is 11.7. The summed E-state index contributed by atoms with van der Waals surface area (Å²) in [4.78, 5) is 25.9. The van der Waals surface area contributed by atoms with Gasteiger partial charge in [0.2, 0.25) is 15.8 Å². The van der Waals surface area contributed by atoms with E-state index in [9.17, 15) is 14.9 Å². The number of nitrogens with zero attached hydrogens (tertiary/aromatic N) is 2. The number of amides is 1. The van der Waals surface area contributed by atoms with Gasteiger partial charge in [0.1, 0.15) is 5.49 Å². The van der Waals surface area contributed by atoms with E-state index in [0.717, 1.165) is 0 Å². The summed E-state index contributed by atoms with van der Waals surface area (Å²) in [7, 11) is -1.31. The Hall–Kier alpha value is -2.22. The van der Waals surface area contributed by atoms with E-state index in [1.54, 1.807) is 18.2 Å². The average Bonchev–Trinajstić information content (AvgIpc) is 2.24. The normalized spacial score (nSPS) is 17.4. The minimum absolute atomic E-state index is 0.0586. The van der Waals surface area contributed by atoms with Gasteiger partial charge in [0.05, 0.1) is 9.89 Å². The zero-order valence-corrected chi connectivity index (χ0v) is 9.31. The summed E-state index contributed by atoms with van der Waals surface area (Å²) in [6, 6.07) is 6.48. The smallest absolute Gasteiger partial charge is 0.259 e.